The normalized spacial score (nSPS) is 17.6. The van der Waals surface area contributed by atoms with E-state index in [1.54, 1.807) is 80.7 Å². The van der Waals surface area contributed by atoms with Gasteiger partial charge in [-0.1, -0.05) is 66.2 Å². The Balaban J connectivity index is 1.31. The number of nitrogens with zero attached hydrogens (tertiary/aromatic N) is 1. The van der Waals surface area contributed by atoms with Crippen LogP contribution < -0.4 is 30.2 Å². The van der Waals surface area contributed by atoms with E-state index in [1.165, 1.54) is 4.90 Å². The molecule has 12 heteroatoms. The van der Waals surface area contributed by atoms with Gasteiger partial charge in [-0.25, -0.2) is 0 Å². The maximum Gasteiger partial charge on any atom is 0.255 e. The first-order valence-corrected chi connectivity index (χ1v) is 16.6. The summed E-state index contributed by atoms with van der Waals surface area (Å²) < 4.78 is 17.9. The fraction of sp³-hybridized carbons (Fsp3) is 0.263. The number of rotatable bonds is 9. The minimum atomic E-state index is -1.29. The van der Waals surface area contributed by atoms with Crippen LogP contribution in [-0.2, 0) is 20.8 Å². The monoisotopic (exact) mass is 698 g/mol. The van der Waals surface area contributed by atoms with E-state index in [0.29, 0.717) is 22.3 Å². The molecule has 0 bridgehead atoms. The van der Waals surface area contributed by atoms with Crippen molar-refractivity contribution in [3.05, 3.63) is 119 Å². The van der Waals surface area contributed by atoms with Crippen molar-refractivity contribution in [2.45, 2.75) is 37.9 Å². The molecule has 4 amide bonds. The second-order valence-electron chi connectivity index (χ2n) is 11.9. The van der Waals surface area contributed by atoms with Crippen LogP contribution in [0.4, 0.5) is 0 Å². The molecule has 1 aliphatic rings. The van der Waals surface area contributed by atoms with Gasteiger partial charge in [-0.15, -0.1) is 0 Å². The minimum Gasteiger partial charge on any atom is -0.491 e. The summed E-state index contributed by atoms with van der Waals surface area (Å²) in [6, 6.07) is 27.2. The Hall–Kier alpha value is -5.55. The molecule has 3 N–H and O–H groups in total. The summed E-state index contributed by atoms with van der Waals surface area (Å²) in [6.45, 7) is 2.11. The summed E-state index contributed by atoms with van der Waals surface area (Å²) in [7, 11) is 1.63. The smallest absolute Gasteiger partial charge is 0.255 e. The van der Waals surface area contributed by atoms with E-state index in [4.69, 9.17) is 25.8 Å². The van der Waals surface area contributed by atoms with Gasteiger partial charge in [0.2, 0.25) is 17.7 Å². The number of hydrogen-bond donors (Lipinski definition) is 3. The average Bonchev–Trinajstić information content (AvgIpc) is 3.11. The molecule has 0 fully saturated rings. The van der Waals surface area contributed by atoms with Gasteiger partial charge in [0, 0.05) is 18.5 Å². The van der Waals surface area contributed by atoms with Crippen LogP contribution in [0.5, 0.6) is 23.0 Å². The van der Waals surface area contributed by atoms with Crippen LogP contribution in [0.1, 0.15) is 29.3 Å². The molecule has 50 heavy (non-hydrogen) atoms. The number of carbonyl (C=O) groups is 4. The maximum atomic E-state index is 13.7. The first kappa shape index (κ1) is 35.7. The standard InChI is InChI=1S/C38H39ClN4O7/c1-25(24-49-33-14-8-9-15-34(33)50-28-18-16-27(39)17-19-28)40-37(46)30-23-35(44)41-31(22-26-10-4-3-5-11-26)38(47)43(2)20-21-48-32-13-7-6-12-29(32)36(45)42-30/h3-19,25,30-31H,20-24H2,1-2H3,(H,40,46)(H,41,44)(H,42,45)/t25-,30+,31+/m1/s1. The number of benzene rings is 4. The molecule has 4 aromatic carbocycles. The van der Waals surface area contributed by atoms with E-state index in [-0.39, 0.29) is 43.4 Å². The van der Waals surface area contributed by atoms with E-state index in [2.05, 4.69) is 16.0 Å². The topological polar surface area (TPSA) is 135 Å². The molecule has 0 saturated heterocycles. The van der Waals surface area contributed by atoms with Gasteiger partial charge in [0.05, 0.1) is 24.6 Å². The van der Waals surface area contributed by atoms with E-state index in [0.717, 1.165) is 5.56 Å². The number of para-hydroxylation sites is 3. The fourth-order valence-corrected chi connectivity index (χ4v) is 5.39. The van der Waals surface area contributed by atoms with Crippen LogP contribution >= 0.6 is 11.6 Å². The number of ether oxygens (including phenoxy) is 3. The van der Waals surface area contributed by atoms with E-state index in [1.807, 2.05) is 36.4 Å². The molecule has 0 saturated carbocycles. The van der Waals surface area contributed by atoms with Crippen molar-refractivity contribution < 1.29 is 33.4 Å². The zero-order valence-electron chi connectivity index (χ0n) is 27.8. The number of hydrogen-bond acceptors (Lipinski definition) is 7. The quantitative estimate of drug-likeness (QED) is 0.229. The average molecular weight is 699 g/mol. The van der Waals surface area contributed by atoms with Crippen molar-refractivity contribution in [1.82, 2.24) is 20.9 Å². The lowest BCUT2D eigenvalue weighted by atomic mass is 10.0. The molecular weight excluding hydrogens is 660 g/mol. The lowest BCUT2D eigenvalue weighted by molar-refractivity contribution is -0.136. The number of likely N-dealkylation sites (N-methyl/N-ethyl adjacent to an activating group) is 1. The van der Waals surface area contributed by atoms with Crippen molar-refractivity contribution >= 4 is 35.2 Å². The van der Waals surface area contributed by atoms with Crippen molar-refractivity contribution in [2.75, 3.05) is 26.8 Å². The molecule has 1 aliphatic heterocycles. The molecule has 0 aliphatic carbocycles. The third-order valence-electron chi connectivity index (χ3n) is 7.89. The predicted molar refractivity (Wildman–Crippen MR) is 189 cm³/mol. The highest BCUT2D eigenvalue weighted by atomic mass is 35.5. The number of nitrogens with one attached hydrogen (secondary N) is 3. The van der Waals surface area contributed by atoms with Gasteiger partial charge in [0.15, 0.2) is 11.5 Å². The number of amides is 4. The SMILES string of the molecule is C[C@H](COc1ccccc1Oc1ccc(Cl)cc1)NC(=O)[C@@H]1CC(=O)N[C@@H](Cc2ccccc2)C(=O)N(C)CCOc2ccccc2C(=O)N1. The second-order valence-corrected chi connectivity index (χ2v) is 12.3. The highest BCUT2D eigenvalue weighted by Crippen LogP contribution is 2.32. The van der Waals surface area contributed by atoms with Gasteiger partial charge < -0.3 is 35.1 Å². The third-order valence-corrected chi connectivity index (χ3v) is 8.14. The summed E-state index contributed by atoms with van der Waals surface area (Å²) in [5.41, 5.74) is 1.04. The van der Waals surface area contributed by atoms with Gasteiger partial charge in [-0.05, 0) is 61.0 Å². The summed E-state index contributed by atoms with van der Waals surface area (Å²) in [5, 5.41) is 8.93. The number of halogens is 1. The molecular formula is C38H39ClN4O7. The van der Waals surface area contributed by atoms with Crippen LogP contribution in [0.25, 0.3) is 0 Å². The minimum absolute atomic E-state index is 0.0518. The lowest BCUT2D eigenvalue weighted by Crippen LogP contribution is -2.54. The molecule has 4 aromatic rings. The Bertz CT molecular complexity index is 1790. The van der Waals surface area contributed by atoms with Crippen LogP contribution in [0, 0.1) is 0 Å². The zero-order valence-corrected chi connectivity index (χ0v) is 28.5. The first-order valence-electron chi connectivity index (χ1n) is 16.2. The van der Waals surface area contributed by atoms with Crippen molar-refractivity contribution in [1.29, 1.82) is 0 Å². The largest absolute Gasteiger partial charge is 0.491 e. The summed E-state index contributed by atoms with van der Waals surface area (Å²) in [6.07, 6.45) is -0.186. The van der Waals surface area contributed by atoms with Gasteiger partial charge >= 0.3 is 0 Å². The van der Waals surface area contributed by atoms with Crippen LogP contribution in [-0.4, -0.2) is 73.5 Å². The molecule has 11 nitrogen and oxygen atoms in total. The molecule has 0 radical (unpaired) electrons. The Kier molecular flexibility index (Phi) is 12.3. The van der Waals surface area contributed by atoms with Crippen LogP contribution in [0.15, 0.2) is 103 Å². The predicted octanol–water partition coefficient (Wildman–Crippen LogP) is 4.78. The fourth-order valence-electron chi connectivity index (χ4n) is 5.27. The Morgan fingerprint density at radius 3 is 2.36 bits per heavy atom. The molecule has 0 aromatic heterocycles. The van der Waals surface area contributed by atoms with Crippen LogP contribution in [0.3, 0.4) is 0 Å². The summed E-state index contributed by atoms with van der Waals surface area (Å²) in [5.74, 6) is -0.315. The molecule has 0 spiro atoms. The van der Waals surface area contributed by atoms with E-state index < -0.39 is 42.3 Å². The van der Waals surface area contributed by atoms with Gasteiger partial charge in [-0.2, -0.15) is 0 Å². The van der Waals surface area contributed by atoms with Gasteiger partial charge in [0.1, 0.15) is 36.8 Å². The Morgan fingerprint density at radius 1 is 0.920 bits per heavy atom. The lowest BCUT2D eigenvalue weighted by Gasteiger charge is -2.27. The summed E-state index contributed by atoms with van der Waals surface area (Å²) >= 11 is 5.99. The Morgan fingerprint density at radius 2 is 1.60 bits per heavy atom. The van der Waals surface area contributed by atoms with Crippen molar-refractivity contribution in [3.8, 4) is 23.0 Å². The highest BCUT2D eigenvalue weighted by Gasteiger charge is 2.30. The molecule has 3 atom stereocenters. The number of fused-ring (bicyclic) bond motifs is 1. The first-order chi connectivity index (χ1) is 24.2. The van der Waals surface area contributed by atoms with E-state index >= 15 is 0 Å². The number of carbonyl (C=O) groups excluding carboxylic acids is 4. The molecule has 1 heterocycles. The Labute approximate surface area is 295 Å². The third kappa shape index (κ3) is 9.99. The highest BCUT2D eigenvalue weighted by molar-refractivity contribution is 6.30. The zero-order chi connectivity index (χ0) is 35.5. The van der Waals surface area contributed by atoms with Gasteiger partial charge in [-0.3, -0.25) is 19.2 Å². The van der Waals surface area contributed by atoms with Crippen molar-refractivity contribution in [2.24, 2.45) is 0 Å². The molecule has 5 rings (SSSR count). The van der Waals surface area contributed by atoms with Crippen LogP contribution in [0.2, 0.25) is 5.02 Å². The maximum absolute atomic E-state index is 13.7. The van der Waals surface area contributed by atoms with E-state index in [9.17, 15) is 19.2 Å². The molecule has 0 unspecified atom stereocenters. The van der Waals surface area contributed by atoms with Gasteiger partial charge in [0.25, 0.3) is 5.91 Å². The molecule has 260 valence electrons. The van der Waals surface area contributed by atoms with Crippen molar-refractivity contribution in [3.63, 3.8) is 0 Å². The summed E-state index contributed by atoms with van der Waals surface area (Å²) in [4.78, 5) is 55.7. The second kappa shape index (κ2) is 17.2.